The van der Waals surface area contributed by atoms with Crippen LogP contribution in [0.25, 0.3) is 0 Å². The van der Waals surface area contributed by atoms with Gasteiger partial charge in [-0.05, 0) is 41.9 Å². The molecule has 1 aliphatic rings. The van der Waals surface area contributed by atoms with E-state index in [2.05, 4.69) is 5.10 Å². The molecule has 4 rings (SSSR count). The number of rotatable bonds is 6. The first-order valence-corrected chi connectivity index (χ1v) is 10.6. The second-order valence-electron chi connectivity index (χ2n) is 6.37. The fourth-order valence-electron chi connectivity index (χ4n) is 3.05. The first kappa shape index (κ1) is 18.6. The van der Waals surface area contributed by atoms with Crippen LogP contribution in [-0.4, -0.2) is 29.0 Å². The Labute approximate surface area is 170 Å². The van der Waals surface area contributed by atoms with Crippen molar-refractivity contribution in [2.45, 2.75) is 19.4 Å². The second kappa shape index (κ2) is 8.08. The van der Waals surface area contributed by atoms with Gasteiger partial charge in [0.2, 0.25) is 0 Å². The third kappa shape index (κ3) is 3.90. The molecule has 1 aromatic carbocycles. The van der Waals surface area contributed by atoms with Crippen LogP contribution in [0.2, 0.25) is 0 Å². The van der Waals surface area contributed by atoms with Crippen LogP contribution >= 0.6 is 22.7 Å². The van der Waals surface area contributed by atoms with Crippen molar-refractivity contribution in [2.24, 2.45) is 5.10 Å². The molecule has 1 aliphatic heterocycles. The van der Waals surface area contributed by atoms with Gasteiger partial charge in [0.25, 0.3) is 5.91 Å². The van der Waals surface area contributed by atoms with Crippen molar-refractivity contribution in [3.63, 3.8) is 0 Å². The van der Waals surface area contributed by atoms with Crippen molar-refractivity contribution in [3.05, 3.63) is 74.6 Å². The van der Waals surface area contributed by atoms with Crippen molar-refractivity contribution in [1.82, 2.24) is 5.01 Å². The average molecular weight is 411 g/mol. The lowest BCUT2D eigenvalue weighted by Gasteiger charge is -2.20. The van der Waals surface area contributed by atoms with E-state index in [1.165, 1.54) is 11.9 Å². The number of thiophene rings is 2. The maximum atomic E-state index is 12.9. The SMILES string of the molecule is CC(=O)c1cccc(OCC(=O)N2N=C(c3cccs3)C[C@@H]2c2cccs2)c1. The van der Waals surface area contributed by atoms with Gasteiger partial charge in [0.15, 0.2) is 12.4 Å². The molecule has 0 saturated carbocycles. The van der Waals surface area contributed by atoms with Gasteiger partial charge in [-0.1, -0.05) is 24.3 Å². The maximum absolute atomic E-state index is 12.9. The van der Waals surface area contributed by atoms with Gasteiger partial charge in [0, 0.05) is 16.9 Å². The van der Waals surface area contributed by atoms with Gasteiger partial charge >= 0.3 is 0 Å². The summed E-state index contributed by atoms with van der Waals surface area (Å²) in [4.78, 5) is 26.6. The normalized spacial score (nSPS) is 16.1. The minimum atomic E-state index is -0.210. The summed E-state index contributed by atoms with van der Waals surface area (Å²) in [5, 5.41) is 10.2. The third-order valence-corrected chi connectivity index (χ3v) is 6.34. The molecule has 0 aliphatic carbocycles. The molecule has 0 N–H and O–H groups in total. The fourth-order valence-corrected chi connectivity index (χ4v) is 4.58. The lowest BCUT2D eigenvalue weighted by Crippen LogP contribution is -2.31. The number of ketones is 1. The molecule has 3 heterocycles. The highest BCUT2D eigenvalue weighted by atomic mass is 32.1. The van der Waals surface area contributed by atoms with Crippen LogP contribution < -0.4 is 4.74 Å². The number of hydrazone groups is 1. The number of Topliss-reactive ketones (excluding diaryl/α,β-unsaturated/α-hetero) is 1. The number of nitrogens with zero attached hydrogens (tertiary/aromatic N) is 2. The number of benzene rings is 1. The molecule has 1 amide bonds. The summed E-state index contributed by atoms with van der Waals surface area (Å²) < 4.78 is 5.66. The number of amides is 1. The van der Waals surface area contributed by atoms with Crippen LogP contribution in [0.1, 0.15) is 39.5 Å². The van der Waals surface area contributed by atoms with Crippen molar-refractivity contribution in [2.75, 3.05) is 6.61 Å². The van der Waals surface area contributed by atoms with E-state index in [0.717, 1.165) is 15.5 Å². The minimum Gasteiger partial charge on any atom is -0.484 e. The van der Waals surface area contributed by atoms with Crippen LogP contribution in [0.4, 0.5) is 0 Å². The predicted octanol–water partition coefficient (Wildman–Crippen LogP) is 4.77. The van der Waals surface area contributed by atoms with E-state index in [1.54, 1.807) is 46.9 Å². The Bertz CT molecular complexity index is 1010. The number of ether oxygens (including phenoxy) is 1. The lowest BCUT2D eigenvalue weighted by molar-refractivity contribution is -0.135. The molecule has 0 fully saturated rings. The van der Waals surface area contributed by atoms with E-state index >= 15 is 0 Å². The van der Waals surface area contributed by atoms with Crippen molar-refractivity contribution >= 4 is 40.1 Å². The molecule has 1 atom stereocenters. The van der Waals surface area contributed by atoms with E-state index in [0.29, 0.717) is 17.7 Å². The van der Waals surface area contributed by atoms with Crippen LogP contribution in [0.3, 0.4) is 0 Å². The van der Waals surface area contributed by atoms with E-state index in [1.807, 2.05) is 35.0 Å². The molecule has 28 heavy (non-hydrogen) atoms. The standard InChI is InChI=1S/C21H18N2O3S2/c1-14(24)15-5-2-6-16(11-15)26-13-21(25)23-18(20-8-4-10-28-20)12-17(22-23)19-7-3-9-27-19/h2-11,18H,12-13H2,1H3/t18-/m1/s1. The third-order valence-electron chi connectivity index (χ3n) is 4.45. The quantitative estimate of drug-likeness (QED) is 0.550. The molecule has 2 aromatic heterocycles. The van der Waals surface area contributed by atoms with Crippen LogP contribution in [-0.2, 0) is 4.79 Å². The van der Waals surface area contributed by atoms with Gasteiger partial charge in [-0.25, -0.2) is 5.01 Å². The summed E-state index contributed by atoms with van der Waals surface area (Å²) in [6.45, 7) is 1.37. The Kier molecular flexibility index (Phi) is 5.36. The Morgan fingerprint density at radius 2 is 1.96 bits per heavy atom. The molecule has 7 heteroatoms. The molecule has 142 valence electrons. The summed E-state index contributed by atoms with van der Waals surface area (Å²) in [6, 6.07) is 14.8. The summed E-state index contributed by atoms with van der Waals surface area (Å²) in [5.41, 5.74) is 1.47. The Balaban J connectivity index is 1.52. The smallest absolute Gasteiger partial charge is 0.281 e. The van der Waals surface area contributed by atoms with E-state index in [9.17, 15) is 9.59 Å². The summed E-state index contributed by atoms with van der Waals surface area (Å²) in [7, 11) is 0. The molecule has 0 bridgehead atoms. The molecule has 5 nitrogen and oxygen atoms in total. The molecule has 0 saturated heterocycles. The first-order chi connectivity index (χ1) is 13.6. The predicted molar refractivity (Wildman–Crippen MR) is 111 cm³/mol. The van der Waals surface area contributed by atoms with Crippen LogP contribution in [0.5, 0.6) is 5.75 Å². The number of hydrogen-bond acceptors (Lipinski definition) is 6. The first-order valence-electron chi connectivity index (χ1n) is 8.82. The van der Waals surface area contributed by atoms with Gasteiger partial charge in [-0.2, -0.15) is 5.10 Å². The second-order valence-corrected chi connectivity index (χ2v) is 8.30. The zero-order valence-corrected chi connectivity index (χ0v) is 16.8. The maximum Gasteiger partial charge on any atom is 0.281 e. The number of carbonyl (C=O) groups is 2. The van der Waals surface area contributed by atoms with E-state index in [-0.39, 0.29) is 24.3 Å². The van der Waals surface area contributed by atoms with Crippen LogP contribution in [0, 0.1) is 0 Å². The van der Waals surface area contributed by atoms with Crippen molar-refractivity contribution in [3.8, 4) is 5.75 Å². The average Bonchev–Trinajstić information content (AvgIpc) is 3.46. The van der Waals surface area contributed by atoms with Gasteiger partial charge in [0.1, 0.15) is 5.75 Å². The molecular formula is C21H18N2O3S2. The number of carbonyl (C=O) groups excluding carboxylic acids is 2. The number of hydrogen-bond donors (Lipinski definition) is 0. The zero-order valence-electron chi connectivity index (χ0n) is 15.2. The monoisotopic (exact) mass is 410 g/mol. The van der Waals surface area contributed by atoms with Gasteiger partial charge in [-0.3, -0.25) is 9.59 Å². The summed E-state index contributed by atoms with van der Waals surface area (Å²) in [5.74, 6) is 0.243. The van der Waals surface area contributed by atoms with Gasteiger partial charge in [-0.15, -0.1) is 22.7 Å². The van der Waals surface area contributed by atoms with Gasteiger partial charge in [0.05, 0.1) is 16.6 Å². The molecule has 0 spiro atoms. The highest BCUT2D eigenvalue weighted by Gasteiger charge is 2.34. The topological polar surface area (TPSA) is 59.0 Å². The van der Waals surface area contributed by atoms with E-state index < -0.39 is 0 Å². The Morgan fingerprint density at radius 1 is 1.14 bits per heavy atom. The largest absolute Gasteiger partial charge is 0.484 e. The fraction of sp³-hybridized carbons (Fsp3) is 0.190. The van der Waals surface area contributed by atoms with Crippen LogP contribution in [0.15, 0.2) is 64.4 Å². The molecular weight excluding hydrogens is 392 g/mol. The Hall–Kier alpha value is -2.77. The highest BCUT2D eigenvalue weighted by Crippen LogP contribution is 2.36. The summed E-state index contributed by atoms with van der Waals surface area (Å²) in [6.07, 6.45) is 0.687. The van der Waals surface area contributed by atoms with Gasteiger partial charge < -0.3 is 4.74 Å². The Morgan fingerprint density at radius 3 is 2.68 bits per heavy atom. The zero-order chi connectivity index (χ0) is 19.5. The lowest BCUT2D eigenvalue weighted by atomic mass is 10.1. The molecule has 0 radical (unpaired) electrons. The minimum absolute atomic E-state index is 0.0423. The van der Waals surface area contributed by atoms with E-state index in [4.69, 9.17) is 4.74 Å². The summed E-state index contributed by atoms with van der Waals surface area (Å²) >= 11 is 3.24. The molecule has 0 unspecified atom stereocenters. The molecule has 3 aromatic rings. The van der Waals surface area contributed by atoms with Crippen molar-refractivity contribution in [1.29, 1.82) is 0 Å². The highest BCUT2D eigenvalue weighted by molar-refractivity contribution is 7.12. The van der Waals surface area contributed by atoms with Crippen molar-refractivity contribution < 1.29 is 14.3 Å².